The van der Waals surface area contributed by atoms with E-state index in [0.717, 1.165) is 25.0 Å². The quantitative estimate of drug-likeness (QED) is 0.0900. The van der Waals surface area contributed by atoms with E-state index in [2.05, 4.69) is 91.0 Å². The smallest absolute Gasteiger partial charge is 0.261 e. The molecule has 4 heteroatoms. The summed E-state index contributed by atoms with van der Waals surface area (Å²) in [5, 5.41) is 0. The molecular formula is C36H37NO2S. The van der Waals surface area contributed by atoms with E-state index in [1.54, 1.807) is 12.1 Å². The Balaban J connectivity index is 1.09. The van der Waals surface area contributed by atoms with Gasteiger partial charge in [0.1, 0.15) is 0 Å². The Hall–Kier alpha value is -3.63. The SMILES string of the molecule is O=C1c2ccccc2C(=O)N1CCCCCCCCCSC(c1ccccc1)(c1ccccc1)c1ccccc1. The fourth-order valence-corrected chi connectivity index (χ4v) is 7.25. The van der Waals surface area contributed by atoms with Gasteiger partial charge in [-0.15, -0.1) is 11.8 Å². The molecule has 0 N–H and O–H groups in total. The largest absolute Gasteiger partial charge is 0.274 e. The number of benzene rings is 4. The van der Waals surface area contributed by atoms with Crippen molar-refractivity contribution in [1.82, 2.24) is 4.90 Å². The third-order valence-electron chi connectivity index (χ3n) is 7.76. The first-order chi connectivity index (χ1) is 19.7. The summed E-state index contributed by atoms with van der Waals surface area (Å²) >= 11 is 2.04. The molecule has 0 saturated heterocycles. The van der Waals surface area contributed by atoms with Crippen LogP contribution in [0.4, 0.5) is 0 Å². The predicted octanol–water partition coefficient (Wildman–Crippen LogP) is 8.74. The molecule has 0 bridgehead atoms. The van der Waals surface area contributed by atoms with Gasteiger partial charge in [0.25, 0.3) is 11.8 Å². The van der Waals surface area contributed by atoms with E-state index in [0.29, 0.717) is 17.7 Å². The van der Waals surface area contributed by atoms with Crippen molar-refractivity contribution < 1.29 is 9.59 Å². The third kappa shape index (κ3) is 6.08. The summed E-state index contributed by atoms with van der Waals surface area (Å²) in [4.78, 5) is 26.5. The number of thioether (sulfide) groups is 1. The molecule has 3 nitrogen and oxygen atoms in total. The van der Waals surface area contributed by atoms with E-state index in [1.807, 2.05) is 23.9 Å². The number of rotatable bonds is 14. The maximum Gasteiger partial charge on any atom is 0.261 e. The van der Waals surface area contributed by atoms with Crippen LogP contribution in [0.5, 0.6) is 0 Å². The summed E-state index contributed by atoms with van der Waals surface area (Å²) in [7, 11) is 0. The Kier molecular flexibility index (Phi) is 9.51. The topological polar surface area (TPSA) is 37.4 Å². The Morgan fingerprint density at radius 1 is 0.475 bits per heavy atom. The molecular weight excluding hydrogens is 510 g/mol. The minimum absolute atomic E-state index is 0.143. The molecule has 4 aromatic carbocycles. The lowest BCUT2D eigenvalue weighted by Gasteiger charge is -2.35. The van der Waals surface area contributed by atoms with Crippen LogP contribution in [0.1, 0.15) is 82.4 Å². The van der Waals surface area contributed by atoms with Crippen LogP contribution in [0.25, 0.3) is 0 Å². The van der Waals surface area contributed by atoms with Crippen molar-refractivity contribution in [2.45, 2.75) is 49.7 Å². The highest BCUT2D eigenvalue weighted by Crippen LogP contribution is 2.48. The third-order valence-corrected chi connectivity index (χ3v) is 9.40. The molecule has 0 fully saturated rings. The van der Waals surface area contributed by atoms with Gasteiger partial charge >= 0.3 is 0 Å². The molecule has 5 rings (SSSR count). The average Bonchev–Trinajstić information content (AvgIpc) is 3.26. The van der Waals surface area contributed by atoms with Gasteiger partial charge in [0.15, 0.2) is 0 Å². The number of hydrogen-bond acceptors (Lipinski definition) is 3. The van der Waals surface area contributed by atoms with E-state index < -0.39 is 0 Å². The van der Waals surface area contributed by atoms with E-state index in [9.17, 15) is 9.59 Å². The summed E-state index contributed by atoms with van der Waals surface area (Å²) in [6.07, 6.45) is 7.83. The zero-order chi connectivity index (χ0) is 27.6. The van der Waals surface area contributed by atoms with E-state index in [1.165, 1.54) is 47.3 Å². The molecule has 40 heavy (non-hydrogen) atoms. The molecule has 0 spiro atoms. The van der Waals surface area contributed by atoms with Gasteiger partial charge in [-0.1, -0.05) is 135 Å². The van der Waals surface area contributed by atoms with Crippen molar-refractivity contribution >= 4 is 23.6 Å². The zero-order valence-corrected chi connectivity index (χ0v) is 23.8. The van der Waals surface area contributed by atoms with Crippen LogP contribution < -0.4 is 0 Å². The molecule has 1 aliphatic rings. The predicted molar refractivity (Wildman–Crippen MR) is 166 cm³/mol. The van der Waals surface area contributed by atoms with Gasteiger partial charge in [-0.2, -0.15) is 0 Å². The van der Waals surface area contributed by atoms with Crippen LogP contribution >= 0.6 is 11.8 Å². The van der Waals surface area contributed by atoms with Crippen LogP contribution in [-0.2, 0) is 4.75 Å². The number of carbonyl (C=O) groups excluding carboxylic acids is 2. The molecule has 0 radical (unpaired) electrons. The molecule has 0 aliphatic carbocycles. The van der Waals surface area contributed by atoms with Crippen LogP contribution in [0.2, 0.25) is 0 Å². The first kappa shape index (κ1) is 27.9. The van der Waals surface area contributed by atoms with E-state index >= 15 is 0 Å². The number of imide groups is 1. The summed E-state index contributed by atoms with van der Waals surface area (Å²) < 4.78 is -0.242. The van der Waals surface area contributed by atoms with Gasteiger partial charge in [0.05, 0.1) is 15.9 Å². The van der Waals surface area contributed by atoms with Gasteiger partial charge in [-0.3, -0.25) is 14.5 Å². The van der Waals surface area contributed by atoms with Crippen molar-refractivity contribution in [3.63, 3.8) is 0 Å². The van der Waals surface area contributed by atoms with Crippen LogP contribution in [-0.4, -0.2) is 29.0 Å². The lowest BCUT2D eigenvalue weighted by molar-refractivity contribution is 0.0651. The Bertz CT molecular complexity index is 1260. The fourth-order valence-electron chi connectivity index (χ4n) is 5.69. The van der Waals surface area contributed by atoms with Crippen molar-refractivity contribution in [2.75, 3.05) is 12.3 Å². The number of carbonyl (C=O) groups is 2. The number of amides is 2. The Labute approximate surface area is 242 Å². The Morgan fingerprint density at radius 3 is 1.30 bits per heavy atom. The number of fused-ring (bicyclic) bond motifs is 1. The van der Waals surface area contributed by atoms with Gasteiger partial charge in [-0.25, -0.2) is 0 Å². The molecule has 2 amide bonds. The molecule has 1 heterocycles. The number of nitrogens with zero attached hydrogens (tertiary/aromatic N) is 1. The van der Waals surface area contributed by atoms with E-state index in [4.69, 9.17) is 0 Å². The summed E-state index contributed by atoms with van der Waals surface area (Å²) in [5.74, 6) is 0.796. The molecule has 0 atom stereocenters. The minimum Gasteiger partial charge on any atom is -0.274 e. The van der Waals surface area contributed by atoms with Gasteiger partial charge < -0.3 is 0 Å². The number of hydrogen-bond donors (Lipinski definition) is 0. The molecule has 204 valence electrons. The monoisotopic (exact) mass is 547 g/mol. The highest BCUT2D eigenvalue weighted by Gasteiger charge is 2.36. The first-order valence-corrected chi connectivity index (χ1v) is 15.5. The molecule has 1 aliphatic heterocycles. The summed E-state index contributed by atoms with van der Waals surface area (Å²) in [6.45, 7) is 0.517. The first-order valence-electron chi connectivity index (χ1n) is 14.5. The van der Waals surface area contributed by atoms with Crippen LogP contribution in [0.3, 0.4) is 0 Å². The maximum atomic E-state index is 12.5. The zero-order valence-electron chi connectivity index (χ0n) is 23.0. The Morgan fingerprint density at radius 2 is 0.850 bits per heavy atom. The minimum atomic E-state index is -0.242. The normalized spacial score (nSPS) is 13.1. The van der Waals surface area contributed by atoms with Gasteiger partial charge in [0.2, 0.25) is 0 Å². The van der Waals surface area contributed by atoms with Crippen LogP contribution in [0, 0.1) is 0 Å². The van der Waals surface area contributed by atoms with E-state index in [-0.39, 0.29) is 16.6 Å². The second-order valence-corrected chi connectivity index (χ2v) is 11.7. The molecule has 0 saturated carbocycles. The molecule has 4 aromatic rings. The molecule has 0 aromatic heterocycles. The van der Waals surface area contributed by atoms with Crippen molar-refractivity contribution in [3.05, 3.63) is 143 Å². The average molecular weight is 548 g/mol. The summed E-state index contributed by atoms with van der Waals surface area (Å²) in [6, 6.07) is 39.8. The second kappa shape index (κ2) is 13.6. The lowest BCUT2D eigenvalue weighted by atomic mass is 9.84. The van der Waals surface area contributed by atoms with Crippen molar-refractivity contribution in [1.29, 1.82) is 0 Å². The summed E-state index contributed by atoms with van der Waals surface area (Å²) in [5.41, 5.74) is 5.03. The lowest BCUT2D eigenvalue weighted by Crippen LogP contribution is -2.30. The highest BCUT2D eigenvalue weighted by atomic mass is 32.2. The maximum absolute atomic E-state index is 12.5. The number of unbranched alkanes of at least 4 members (excludes halogenated alkanes) is 6. The van der Waals surface area contributed by atoms with Crippen molar-refractivity contribution in [3.8, 4) is 0 Å². The molecule has 0 unspecified atom stereocenters. The standard InChI is InChI=1S/C36H37NO2S/c38-34-32-25-15-16-26-33(32)35(39)37(34)27-17-4-2-1-3-5-18-28-40-36(29-19-9-6-10-20-29,30-21-11-7-12-22-30)31-23-13-8-14-24-31/h6-16,19-26H,1-5,17-18,27-28H2. The second-order valence-electron chi connectivity index (χ2n) is 10.4. The fraction of sp³-hybridized carbons (Fsp3) is 0.278. The van der Waals surface area contributed by atoms with Gasteiger partial charge in [0, 0.05) is 6.54 Å². The van der Waals surface area contributed by atoms with Gasteiger partial charge in [-0.05, 0) is 47.4 Å². The van der Waals surface area contributed by atoms with Crippen LogP contribution in [0.15, 0.2) is 115 Å². The van der Waals surface area contributed by atoms with Crippen molar-refractivity contribution in [2.24, 2.45) is 0 Å². The highest BCUT2D eigenvalue weighted by molar-refractivity contribution is 8.00.